The molecule has 7 heteroatoms. The smallest absolute Gasteiger partial charge is 0.310 e. The third kappa shape index (κ3) is 6.24. The van der Waals surface area contributed by atoms with Gasteiger partial charge in [-0.25, -0.2) is 0 Å². The van der Waals surface area contributed by atoms with Gasteiger partial charge in [0.25, 0.3) is 0 Å². The molecule has 0 amide bonds. The summed E-state index contributed by atoms with van der Waals surface area (Å²) in [5.74, 6) is -0.0996. The van der Waals surface area contributed by atoms with E-state index in [0.29, 0.717) is 6.42 Å². The van der Waals surface area contributed by atoms with Crippen LogP contribution < -0.4 is 0 Å². The van der Waals surface area contributed by atoms with Crippen LogP contribution in [0.3, 0.4) is 0 Å². The largest absolute Gasteiger partial charge is 0.366 e. The molecule has 5 nitrogen and oxygen atoms in total. The quantitative estimate of drug-likeness (QED) is 0.175. The molecular formula is C15H33O5PSi. The van der Waals surface area contributed by atoms with Gasteiger partial charge in [-0.15, -0.1) is 0 Å². The van der Waals surface area contributed by atoms with Gasteiger partial charge >= 0.3 is 7.60 Å². The van der Waals surface area contributed by atoms with E-state index in [1.54, 1.807) is 6.92 Å². The number of rotatable bonds is 10. The highest BCUT2D eigenvalue weighted by Gasteiger charge is 2.44. The fourth-order valence-electron chi connectivity index (χ4n) is 1.46. The van der Waals surface area contributed by atoms with Gasteiger partial charge in [0.05, 0.1) is 0 Å². The average molecular weight is 352 g/mol. The summed E-state index contributed by atoms with van der Waals surface area (Å²) in [5, 5.41) is -0.0834. The fourth-order valence-corrected chi connectivity index (χ4v) is 3.86. The molecule has 132 valence electrons. The fraction of sp³-hybridized carbons (Fsp3) is 0.933. The van der Waals surface area contributed by atoms with Crippen molar-refractivity contribution in [1.82, 2.24) is 0 Å². The Hall–Kier alpha value is -0.00312. The van der Waals surface area contributed by atoms with Crippen LogP contribution >= 0.6 is 7.60 Å². The Balaban J connectivity index is 4.83. The number of Topliss-reactive ketones (excluding diaryl/α,β-unsaturated/α-hetero) is 1. The van der Waals surface area contributed by atoms with Crippen LogP contribution in [-0.2, 0) is 23.1 Å². The maximum atomic E-state index is 12.8. The Morgan fingerprint density at radius 2 is 1.77 bits per heavy atom. The monoisotopic (exact) mass is 352 g/mol. The van der Waals surface area contributed by atoms with Gasteiger partial charge < -0.3 is 4.52 Å². The van der Waals surface area contributed by atoms with E-state index in [1.165, 1.54) is 7.11 Å². The number of ketones is 1. The van der Waals surface area contributed by atoms with Crippen molar-refractivity contribution < 1.29 is 23.1 Å². The van der Waals surface area contributed by atoms with Crippen molar-refractivity contribution in [1.29, 1.82) is 0 Å². The van der Waals surface area contributed by atoms with Gasteiger partial charge in [0.1, 0.15) is 11.4 Å². The van der Waals surface area contributed by atoms with E-state index in [1.807, 2.05) is 13.1 Å². The van der Waals surface area contributed by atoms with Crippen molar-refractivity contribution in [2.45, 2.75) is 84.1 Å². The summed E-state index contributed by atoms with van der Waals surface area (Å²) in [5.41, 5.74) is -0.806. The second-order valence-corrected chi connectivity index (χ2v) is 14.3. The first-order valence-corrected chi connectivity index (χ1v) is 12.5. The zero-order valence-corrected chi connectivity index (χ0v) is 17.3. The topological polar surface area (TPSA) is 61.8 Å². The Bertz CT molecular complexity index is 403. The second-order valence-electron chi connectivity index (χ2n) is 7.24. The van der Waals surface area contributed by atoms with E-state index in [9.17, 15) is 9.36 Å². The highest BCUT2D eigenvalue weighted by atomic mass is 31.2. The van der Waals surface area contributed by atoms with E-state index in [0.717, 1.165) is 19.3 Å². The summed E-state index contributed by atoms with van der Waals surface area (Å²) >= 11 is 0. The van der Waals surface area contributed by atoms with E-state index >= 15 is 0 Å². The lowest BCUT2D eigenvalue weighted by atomic mass is 10.1. The SMILES string of the molecule is CCCCCC(=O)[C@@H](C)P(=O)(OC)OO[Si](C)(C)C(C)(C)C. The minimum Gasteiger partial charge on any atom is -0.310 e. The second kappa shape index (κ2) is 8.74. The molecule has 22 heavy (non-hydrogen) atoms. The molecule has 2 atom stereocenters. The number of hydrogen-bond donors (Lipinski definition) is 0. The number of unbranched alkanes of at least 4 members (excludes halogenated alkanes) is 2. The predicted molar refractivity (Wildman–Crippen MR) is 92.6 cm³/mol. The summed E-state index contributed by atoms with van der Waals surface area (Å²) in [4.78, 5) is 12.2. The van der Waals surface area contributed by atoms with Crippen LogP contribution in [0.1, 0.15) is 60.3 Å². The van der Waals surface area contributed by atoms with E-state index in [4.69, 9.17) is 13.8 Å². The third-order valence-electron chi connectivity index (χ3n) is 4.38. The lowest BCUT2D eigenvalue weighted by molar-refractivity contribution is -0.133. The third-order valence-corrected chi connectivity index (χ3v) is 10.7. The summed E-state index contributed by atoms with van der Waals surface area (Å²) < 4.78 is 28.6. The van der Waals surface area contributed by atoms with E-state index in [2.05, 4.69) is 27.7 Å². The molecular weight excluding hydrogens is 319 g/mol. The first-order chi connectivity index (χ1) is 9.91. The first kappa shape index (κ1) is 22.0. The molecule has 0 aromatic heterocycles. The van der Waals surface area contributed by atoms with Crippen LogP contribution in [0.4, 0.5) is 0 Å². The Kier molecular flexibility index (Phi) is 8.74. The summed E-state index contributed by atoms with van der Waals surface area (Å²) in [6.45, 7) is 13.8. The molecule has 0 saturated heterocycles. The summed E-state index contributed by atoms with van der Waals surface area (Å²) in [6, 6.07) is 0. The van der Waals surface area contributed by atoms with Crippen LogP contribution in [0.25, 0.3) is 0 Å². The lowest BCUT2D eigenvalue weighted by Gasteiger charge is -2.35. The molecule has 0 bridgehead atoms. The van der Waals surface area contributed by atoms with Gasteiger partial charge in [-0.2, -0.15) is 4.67 Å². The number of carbonyl (C=O) groups is 1. The van der Waals surface area contributed by atoms with Crippen LogP contribution in [0.2, 0.25) is 18.1 Å². The molecule has 0 radical (unpaired) electrons. The van der Waals surface area contributed by atoms with E-state index < -0.39 is 21.6 Å². The zero-order chi connectivity index (χ0) is 17.6. The zero-order valence-electron chi connectivity index (χ0n) is 15.4. The van der Waals surface area contributed by atoms with Crippen molar-refractivity contribution in [2.75, 3.05) is 7.11 Å². The standard InChI is InChI=1S/C15H33O5PSi/c1-9-10-11-12-14(16)13(2)21(17,18-6)19-20-22(7,8)15(3,4)5/h13H,9-12H2,1-8H3/t13-,21?/m1/s1. The molecule has 1 unspecified atom stereocenters. The summed E-state index contributed by atoms with van der Waals surface area (Å²) in [6.07, 6.45) is 3.21. The van der Waals surface area contributed by atoms with Crippen molar-refractivity contribution in [3.05, 3.63) is 0 Å². The summed E-state index contributed by atoms with van der Waals surface area (Å²) in [7, 11) is -4.53. The highest BCUT2D eigenvalue weighted by Crippen LogP contribution is 2.54. The van der Waals surface area contributed by atoms with Crippen LogP contribution in [0.5, 0.6) is 0 Å². The Morgan fingerprint density at radius 1 is 1.23 bits per heavy atom. The first-order valence-electron chi connectivity index (χ1n) is 7.97. The van der Waals surface area contributed by atoms with E-state index in [-0.39, 0.29) is 10.8 Å². The van der Waals surface area contributed by atoms with Crippen LogP contribution in [-0.4, -0.2) is 26.9 Å². The molecule has 0 aromatic carbocycles. The maximum Gasteiger partial charge on any atom is 0.366 e. The molecule has 0 spiro atoms. The molecule has 0 aliphatic heterocycles. The number of hydrogen-bond acceptors (Lipinski definition) is 5. The van der Waals surface area contributed by atoms with Crippen molar-refractivity contribution >= 4 is 21.7 Å². The van der Waals surface area contributed by atoms with Crippen molar-refractivity contribution in [3.8, 4) is 0 Å². The molecule has 0 saturated carbocycles. The Labute approximate surface area is 136 Å². The van der Waals surface area contributed by atoms with Gasteiger partial charge in [-0.05, 0) is 31.5 Å². The van der Waals surface area contributed by atoms with Crippen LogP contribution in [0.15, 0.2) is 0 Å². The van der Waals surface area contributed by atoms with Gasteiger partial charge in [0.15, 0.2) is 0 Å². The van der Waals surface area contributed by atoms with Gasteiger partial charge in [-0.1, -0.05) is 40.5 Å². The molecule has 0 fully saturated rings. The predicted octanol–water partition coefficient (Wildman–Crippen LogP) is 5.32. The van der Waals surface area contributed by atoms with Crippen molar-refractivity contribution in [2.24, 2.45) is 0 Å². The number of carbonyl (C=O) groups excluding carboxylic acids is 1. The maximum absolute atomic E-state index is 12.8. The minimum atomic E-state index is -3.60. The molecule has 0 aliphatic rings. The molecule has 0 heterocycles. The minimum absolute atomic E-state index is 0.0834. The Morgan fingerprint density at radius 3 is 2.18 bits per heavy atom. The highest BCUT2D eigenvalue weighted by molar-refractivity contribution is 7.55. The molecule has 0 N–H and O–H groups in total. The average Bonchev–Trinajstić information content (AvgIpc) is 2.43. The van der Waals surface area contributed by atoms with Gasteiger partial charge in [-0.3, -0.25) is 13.9 Å². The molecule has 0 aliphatic carbocycles. The van der Waals surface area contributed by atoms with Gasteiger partial charge in [0, 0.05) is 13.5 Å². The normalized spacial score (nSPS) is 17.1. The lowest BCUT2D eigenvalue weighted by Crippen LogP contribution is -2.40. The van der Waals surface area contributed by atoms with Gasteiger partial charge in [0.2, 0.25) is 8.32 Å². The molecule has 0 rings (SSSR count). The van der Waals surface area contributed by atoms with Crippen molar-refractivity contribution in [3.63, 3.8) is 0 Å². The van der Waals surface area contributed by atoms with Crippen LogP contribution in [0, 0.1) is 0 Å². The molecule has 0 aromatic rings.